The van der Waals surface area contributed by atoms with Crippen LogP contribution in [0.5, 0.6) is 17.5 Å². The summed E-state index contributed by atoms with van der Waals surface area (Å²) in [6.45, 7) is 1.87. The van der Waals surface area contributed by atoms with Crippen molar-refractivity contribution in [1.82, 2.24) is 4.98 Å². The maximum absolute atomic E-state index is 14.6. The molecule has 1 aliphatic rings. The van der Waals surface area contributed by atoms with Gasteiger partial charge in [0, 0.05) is 18.2 Å². The number of carboxylic acids is 1. The molecular weight excluding hydrogens is 492 g/mol. The van der Waals surface area contributed by atoms with Crippen LogP contribution in [0, 0.1) is 11.6 Å². The molecular formula is C25H21F2N3O5S. The fraction of sp³-hybridized carbons (Fsp3) is 0.200. The standard InChI is InChI=1S/C25H21F2N3O5S/c1-2-20(25(32)33)35-23-19(27)10-18(26)22(30-23)34-17-8-15(14-5-3-4-13(6-14)11-28)7-16(9-17)24-29-21(31)12-36-24/h3-10,20H,2,11-12,28H2,1H3,(H,32,33)/t20-/m1/s1. The van der Waals surface area contributed by atoms with Gasteiger partial charge < -0.3 is 20.3 Å². The number of pyridine rings is 1. The second-order valence-corrected chi connectivity index (χ2v) is 8.73. The van der Waals surface area contributed by atoms with Gasteiger partial charge in [0.2, 0.25) is 0 Å². The third-order valence-electron chi connectivity index (χ3n) is 5.19. The predicted molar refractivity (Wildman–Crippen MR) is 130 cm³/mol. The highest BCUT2D eigenvalue weighted by Crippen LogP contribution is 2.34. The normalized spacial score (nSPS) is 13.9. The van der Waals surface area contributed by atoms with Crippen molar-refractivity contribution in [3.05, 3.63) is 71.3 Å². The van der Waals surface area contributed by atoms with Crippen molar-refractivity contribution in [1.29, 1.82) is 0 Å². The van der Waals surface area contributed by atoms with Crippen LogP contribution >= 0.6 is 11.8 Å². The number of aromatic nitrogens is 1. The highest BCUT2D eigenvalue weighted by molar-refractivity contribution is 8.15. The molecule has 0 saturated carbocycles. The van der Waals surface area contributed by atoms with Crippen LogP contribution in [0.4, 0.5) is 8.78 Å². The van der Waals surface area contributed by atoms with Crippen molar-refractivity contribution in [2.24, 2.45) is 10.7 Å². The zero-order valence-corrected chi connectivity index (χ0v) is 19.9. The zero-order valence-electron chi connectivity index (χ0n) is 19.0. The van der Waals surface area contributed by atoms with E-state index in [0.717, 1.165) is 11.1 Å². The second kappa shape index (κ2) is 10.8. The average molecular weight is 514 g/mol. The Morgan fingerprint density at radius 1 is 1.11 bits per heavy atom. The molecule has 0 spiro atoms. The van der Waals surface area contributed by atoms with Crippen molar-refractivity contribution in [2.75, 3.05) is 5.75 Å². The Morgan fingerprint density at radius 3 is 2.53 bits per heavy atom. The first-order valence-corrected chi connectivity index (χ1v) is 11.9. The molecule has 3 N–H and O–H groups in total. The number of aliphatic carboxylic acids is 1. The van der Waals surface area contributed by atoms with Crippen LogP contribution in [-0.4, -0.2) is 38.9 Å². The monoisotopic (exact) mass is 513 g/mol. The number of thioether (sulfide) groups is 1. The van der Waals surface area contributed by atoms with Crippen molar-refractivity contribution in [2.45, 2.75) is 26.0 Å². The lowest BCUT2D eigenvalue weighted by Crippen LogP contribution is -2.26. The summed E-state index contributed by atoms with van der Waals surface area (Å²) in [4.78, 5) is 30.7. The summed E-state index contributed by atoms with van der Waals surface area (Å²) in [7, 11) is 0. The van der Waals surface area contributed by atoms with Crippen LogP contribution in [-0.2, 0) is 16.1 Å². The summed E-state index contributed by atoms with van der Waals surface area (Å²) in [5.74, 6) is -4.83. The van der Waals surface area contributed by atoms with E-state index >= 15 is 0 Å². The summed E-state index contributed by atoms with van der Waals surface area (Å²) in [5.41, 5.74) is 8.69. The van der Waals surface area contributed by atoms with Crippen molar-refractivity contribution in [3.8, 4) is 28.6 Å². The highest BCUT2D eigenvalue weighted by atomic mass is 32.2. The molecule has 11 heteroatoms. The number of nitrogens with zero attached hydrogens (tertiary/aromatic N) is 2. The highest BCUT2D eigenvalue weighted by Gasteiger charge is 2.23. The third-order valence-corrected chi connectivity index (χ3v) is 6.18. The Balaban J connectivity index is 1.75. The van der Waals surface area contributed by atoms with Gasteiger partial charge >= 0.3 is 5.97 Å². The molecule has 0 unspecified atom stereocenters. The Morgan fingerprint density at radius 2 is 1.86 bits per heavy atom. The van der Waals surface area contributed by atoms with Crippen molar-refractivity contribution >= 4 is 28.7 Å². The quantitative estimate of drug-likeness (QED) is 0.427. The van der Waals surface area contributed by atoms with Crippen molar-refractivity contribution < 1.29 is 33.0 Å². The summed E-state index contributed by atoms with van der Waals surface area (Å²) < 4.78 is 39.6. The molecule has 0 aliphatic carbocycles. The number of aliphatic imine (C=N–C) groups is 1. The summed E-state index contributed by atoms with van der Waals surface area (Å²) >= 11 is 1.26. The number of amides is 1. The van der Waals surface area contributed by atoms with Gasteiger partial charge in [-0.2, -0.15) is 4.98 Å². The number of carbonyl (C=O) groups excluding carboxylic acids is 1. The minimum absolute atomic E-state index is 0.0375. The molecule has 1 aromatic heterocycles. The topological polar surface area (TPSA) is 124 Å². The van der Waals surface area contributed by atoms with Crippen LogP contribution in [0.15, 0.2) is 53.5 Å². The van der Waals surface area contributed by atoms with E-state index in [9.17, 15) is 23.5 Å². The van der Waals surface area contributed by atoms with Crippen LogP contribution in [0.1, 0.15) is 24.5 Å². The SMILES string of the molecule is CC[C@@H](Oc1nc(Oc2cc(C3=NC(=O)CS3)cc(-c3cccc(CN)c3)c2)c(F)cc1F)C(=O)O. The molecule has 3 aromatic rings. The zero-order chi connectivity index (χ0) is 25.8. The lowest BCUT2D eigenvalue weighted by molar-refractivity contribution is -0.145. The van der Waals surface area contributed by atoms with E-state index in [2.05, 4.69) is 9.98 Å². The van der Waals surface area contributed by atoms with E-state index in [4.69, 9.17) is 15.2 Å². The van der Waals surface area contributed by atoms with E-state index < -0.39 is 35.5 Å². The van der Waals surface area contributed by atoms with E-state index in [1.54, 1.807) is 19.1 Å². The summed E-state index contributed by atoms with van der Waals surface area (Å²) in [5, 5.41) is 9.67. The van der Waals surface area contributed by atoms with Gasteiger partial charge in [0.25, 0.3) is 17.7 Å². The van der Waals surface area contributed by atoms with Crippen LogP contribution in [0.3, 0.4) is 0 Å². The van der Waals surface area contributed by atoms with Gasteiger partial charge in [-0.1, -0.05) is 36.9 Å². The molecule has 0 radical (unpaired) electrons. The fourth-order valence-electron chi connectivity index (χ4n) is 3.42. The smallest absolute Gasteiger partial charge is 0.344 e. The Kier molecular flexibility index (Phi) is 7.61. The number of hydrogen-bond acceptors (Lipinski definition) is 7. The van der Waals surface area contributed by atoms with Gasteiger partial charge in [-0.05, 0) is 47.4 Å². The Labute approximate surface area is 209 Å². The van der Waals surface area contributed by atoms with Crippen molar-refractivity contribution in [3.63, 3.8) is 0 Å². The molecule has 36 heavy (non-hydrogen) atoms. The molecule has 4 rings (SSSR count). The average Bonchev–Trinajstić information content (AvgIpc) is 3.31. The number of carboxylic acid groups (broad SMARTS) is 1. The molecule has 8 nitrogen and oxygen atoms in total. The predicted octanol–water partition coefficient (Wildman–Crippen LogP) is 4.54. The number of carbonyl (C=O) groups is 2. The Bertz CT molecular complexity index is 1370. The number of ether oxygens (including phenoxy) is 2. The lowest BCUT2D eigenvalue weighted by Gasteiger charge is -2.15. The molecule has 0 saturated heterocycles. The molecule has 1 aliphatic heterocycles. The van der Waals surface area contributed by atoms with Gasteiger partial charge in [-0.15, -0.1) is 0 Å². The molecule has 2 heterocycles. The van der Waals surface area contributed by atoms with Gasteiger partial charge in [-0.25, -0.2) is 18.6 Å². The second-order valence-electron chi connectivity index (χ2n) is 7.77. The van der Waals surface area contributed by atoms with Gasteiger partial charge in [-0.3, -0.25) is 4.79 Å². The van der Waals surface area contributed by atoms with Gasteiger partial charge in [0.1, 0.15) is 10.8 Å². The largest absolute Gasteiger partial charge is 0.479 e. The number of hydrogen-bond donors (Lipinski definition) is 2. The first kappa shape index (κ1) is 25.3. The molecule has 2 aromatic carbocycles. The van der Waals surface area contributed by atoms with Gasteiger partial charge in [0.15, 0.2) is 17.7 Å². The first-order chi connectivity index (χ1) is 17.3. The third kappa shape index (κ3) is 5.69. The minimum Gasteiger partial charge on any atom is -0.479 e. The number of halogens is 2. The maximum atomic E-state index is 14.6. The van der Waals surface area contributed by atoms with E-state index in [0.29, 0.717) is 28.8 Å². The molecule has 1 atom stereocenters. The molecule has 186 valence electrons. The summed E-state index contributed by atoms with van der Waals surface area (Å²) in [6.07, 6.45) is -1.33. The van der Waals surface area contributed by atoms with E-state index in [1.807, 2.05) is 30.3 Å². The molecule has 0 fully saturated rings. The number of rotatable bonds is 9. The van der Waals surface area contributed by atoms with Gasteiger partial charge in [0.05, 0.1) is 5.75 Å². The van der Waals surface area contributed by atoms with Crippen LogP contribution in [0.2, 0.25) is 0 Å². The van der Waals surface area contributed by atoms with E-state index in [-0.39, 0.29) is 23.8 Å². The van der Waals surface area contributed by atoms with E-state index in [1.165, 1.54) is 11.8 Å². The van der Waals surface area contributed by atoms with Crippen LogP contribution in [0.25, 0.3) is 11.1 Å². The Hall–Kier alpha value is -3.83. The first-order valence-electron chi connectivity index (χ1n) is 10.9. The molecule has 1 amide bonds. The number of benzene rings is 2. The fourth-order valence-corrected chi connectivity index (χ4v) is 4.20. The summed E-state index contributed by atoms with van der Waals surface area (Å²) in [6, 6.07) is 13.0. The number of nitrogens with two attached hydrogens (primary N) is 1. The van der Waals surface area contributed by atoms with Crippen LogP contribution < -0.4 is 15.2 Å². The minimum atomic E-state index is -1.37. The maximum Gasteiger partial charge on any atom is 0.344 e. The molecule has 0 bridgehead atoms. The lowest BCUT2D eigenvalue weighted by atomic mass is 10.0.